The minimum absolute atomic E-state index is 0.214. The van der Waals surface area contributed by atoms with Crippen molar-refractivity contribution in [2.24, 2.45) is 0 Å². The third kappa shape index (κ3) is 6.20. The molecule has 0 bridgehead atoms. The van der Waals surface area contributed by atoms with E-state index in [0.29, 0.717) is 35.9 Å². The lowest BCUT2D eigenvalue weighted by molar-refractivity contribution is -0.137. The van der Waals surface area contributed by atoms with Crippen molar-refractivity contribution in [2.75, 3.05) is 39.4 Å². The number of carbonyl (C=O) groups excluding carboxylic acids is 1. The van der Waals surface area contributed by atoms with Gasteiger partial charge in [0.2, 0.25) is 0 Å². The molecule has 1 saturated heterocycles. The van der Waals surface area contributed by atoms with Crippen LogP contribution in [0.3, 0.4) is 0 Å². The Bertz CT molecular complexity index is 837. The van der Waals surface area contributed by atoms with E-state index in [4.69, 9.17) is 16.3 Å². The largest absolute Gasteiger partial charge is 0.416 e. The molecule has 0 spiro atoms. The number of carbonyl (C=O) groups is 1. The maximum atomic E-state index is 13.1. The van der Waals surface area contributed by atoms with Crippen LogP contribution in [0, 0.1) is 0 Å². The highest BCUT2D eigenvalue weighted by Gasteiger charge is 2.30. The van der Waals surface area contributed by atoms with Crippen LogP contribution in [-0.4, -0.2) is 55.1 Å². The summed E-state index contributed by atoms with van der Waals surface area (Å²) in [4.78, 5) is 17.0. The zero-order chi connectivity index (χ0) is 21.6. The molecule has 2 aromatic carbocycles. The molecule has 1 aliphatic heterocycles. The summed E-state index contributed by atoms with van der Waals surface area (Å²) >= 11 is 6.20. The highest BCUT2D eigenvalue weighted by molar-refractivity contribution is 6.33. The van der Waals surface area contributed by atoms with E-state index >= 15 is 0 Å². The van der Waals surface area contributed by atoms with Crippen molar-refractivity contribution >= 4 is 17.5 Å². The minimum Gasteiger partial charge on any atom is -0.379 e. The maximum Gasteiger partial charge on any atom is 0.416 e. The van der Waals surface area contributed by atoms with Crippen molar-refractivity contribution in [3.63, 3.8) is 0 Å². The van der Waals surface area contributed by atoms with Gasteiger partial charge < -0.3 is 9.64 Å². The Labute approximate surface area is 179 Å². The maximum absolute atomic E-state index is 13.1. The second-order valence-electron chi connectivity index (χ2n) is 7.21. The lowest BCUT2D eigenvalue weighted by Gasteiger charge is -2.28. The summed E-state index contributed by atoms with van der Waals surface area (Å²) in [5.41, 5.74) is 0.315. The lowest BCUT2D eigenvalue weighted by atomic mass is 10.1. The van der Waals surface area contributed by atoms with Crippen molar-refractivity contribution < 1.29 is 22.7 Å². The van der Waals surface area contributed by atoms with Crippen LogP contribution in [0.15, 0.2) is 48.5 Å². The monoisotopic (exact) mass is 440 g/mol. The number of benzene rings is 2. The van der Waals surface area contributed by atoms with Crippen LogP contribution in [0.25, 0.3) is 0 Å². The fourth-order valence-electron chi connectivity index (χ4n) is 3.39. The van der Waals surface area contributed by atoms with Gasteiger partial charge in [-0.3, -0.25) is 9.69 Å². The number of nitrogens with zero attached hydrogens (tertiary/aromatic N) is 2. The van der Waals surface area contributed by atoms with Gasteiger partial charge in [0.25, 0.3) is 5.91 Å². The van der Waals surface area contributed by atoms with Gasteiger partial charge in [-0.05, 0) is 36.2 Å². The van der Waals surface area contributed by atoms with Gasteiger partial charge in [0.05, 0.1) is 29.4 Å². The molecule has 2 aromatic rings. The molecule has 162 valence electrons. The fourth-order valence-corrected chi connectivity index (χ4v) is 3.60. The Morgan fingerprint density at radius 3 is 2.37 bits per heavy atom. The van der Waals surface area contributed by atoms with Crippen LogP contribution in [0.4, 0.5) is 13.2 Å². The van der Waals surface area contributed by atoms with Gasteiger partial charge in [0.15, 0.2) is 0 Å². The van der Waals surface area contributed by atoms with Crippen LogP contribution in [0.1, 0.15) is 27.9 Å². The van der Waals surface area contributed by atoms with Gasteiger partial charge in [-0.15, -0.1) is 0 Å². The molecule has 3 rings (SSSR count). The molecule has 1 aliphatic rings. The van der Waals surface area contributed by atoms with E-state index < -0.39 is 11.7 Å². The first-order valence-corrected chi connectivity index (χ1v) is 10.2. The molecular weight excluding hydrogens is 417 g/mol. The molecule has 0 radical (unpaired) electrons. The first kappa shape index (κ1) is 22.6. The van der Waals surface area contributed by atoms with E-state index in [1.165, 1.54) is 12.1 Å². The molecular formula is C22H24ClF3N2O2. The lowest BCUT2D eigenvalue weighted by Crippen LogP contribution is -2.39. The summed E-state index contributed by atoms with van der Waals surface area (Å²) in [7, 11) is 0. The smallest absolute Gasteiger partial charge is 0.379 e. The topological polar surface area (TPSA) is 32.8 Å². The number of alkyl halides is 3. The molecule has 0 saturated carbocycles. The first-order chi connectivity index (χ1) is 14.3. The Morgan fingerprint density at radius 1 is 1.07 bits per heavy atom. The van der Waals surface area contributed by atoms with Crippen molar-refractivity contribution in [2.45, 2.75) is 19.1 Å². The van der Waals surface area contributed by atoms with Crippen LogP contribution in [0.2, 0.25) is 5.02 Å². The molecule has 1 amide bonds. The average Bonchev–Trinajstić information content (AvgIpc) is 2.73. The molecule has 0 aromatic heterocycles. The van der Waals surface area contributed by atoms with Gasteiger partial charge in [-0.2, -0.15) is 13.2 Å². The first-order valence-electron chi connectivity index (χ1n) is 9.84. The predicted molar refractivity (Wildman–Crippen MR) is 110 cm³/mol. The van der Waals surface area contributed by atoms with Gasteiger partial charge >= 0.3 is 6.18 Å². The van der Waals surface area contributed by atoms with Crippen LogP contribution >= 0.6 is 11.6 Å². The number of morpholine rings is 1. The third-order valence-corrected chi connectivity index (χ3v) is 5.38. The number of amides is 1. The van der Waals surface area contributed by atoms with Gasteiger partial charge in [0.1, 0.15) is 0 Å². The Morgan fingerprint density at radius 2 is 1.73 bits per heavy atom. The number of halogens is 4. The molecule has 0 unspecified atom stereocenters. The minimum atomic E-state index is -4.39. The van der Waals surface area contributed by atoms with Crippen molar-refractivity contribution in [1.29, 1.82) is 0 Å². The molecule has 0 N–H and O–H groups in total. The van der Waals surface area contributed by atoms with Crippen molar-refractivity contribution in [3.05, 3.63) is 70.2 Å². The van der Waals surface area contributed by atoms with E-state index in [1.54, 1.807) is 29.2 Å². The predicted octanol–water partition coefficient (Wildman–Crippen LogP) is 4.72. The summed E-state index contributed by atoms with van der Waals surface area (Å²) in [6, 6.07) is 11.7. The quantitative estimate of drug-likeness (QED) is 0.624. The SMILES string of the molecule is O=C(c1ccccc1Cl)N(CCCN1CCOCC1)Cc1ccc(C(F)(F)F)cc1. The van der Waals surface area contributed by atoms with Crippen molar-refractivity contribution in [1.82, 2.24) is 9.80 Å². The molecule has 30 heavy (non-hydrogen) atoms. The summed E-state index contributed by atoms with van der Waals surface area (Å²) in [5.74, 6) is -0.234. The zero-order valence-electron chi connectivity index (χ0n) is 16.5. The molecule has 4 nitrogen and oxygen atoms in total. The fraction of sp³-hybridized carbons (Fsp3) is 0.409. The van der Waals surface area contributed by atoms with Gasteiger partial charge in [0, 0.05) is 32.7 Å². The second-order valence-corrected chi connectivity index (χ2v) is 7.62. The third-order valence-electron chi connectivity index (χ3n) is 5.05. The Balaban J connectivity index is 1.71. The summed E-state index contributed by atoms with van der Waals surface area (Å²) < 4.78 is 43.8. The molecule has 0 aliphatic carbocycles. The zero-order valence-corrected chi connectivity index (χ0v) is 17.3. The van der Waals surface area contributed by atoms with Crippen LogP contribution < -0.4 is 0 Å². The summed E-state index contributed by atoms with van der Waals surface area (Å²) in [6.45, 7) is 4.63. The van der Waals surface area contributed by atoms with Crippen molar-refractivity contribution in [3.8, 4) is 0 Å². The highest BCUT2D eigenvalue weighted by Crippen LogP contribution is 2.29. The average molecular weight is 441 g/mol. The second kappa shape index (κ2) is 10.3. The van der Waals surface area contributed by atoms with Gasteiger partial charge in [-0.1, -0.05) is 35.9 Å². The summed E-state index contributed by atoms with van der Waals surface area (Å²) in [5, 5.41) is 0.355. The number of rotatable bonds is 7. The summed E-state index contributed by atoms with van der Waals surface area (Å²) in [6.07, 6.45) is -3.64. The molecule has 1 heterocycles. The molecule has 0 atom stereocenters. The number of hydrogen-bond donors (Lipinski definition) is 0. The Kier molecular flexibility index (Phi) is 7.75. The Hall–Kier alpha value is -2.09. The normalized spacial score (nSPS) is 15.2. The van der Waals surface area contributed by atoms with E-state index in [2.05, 4.69) is 4.90 Å². The van der Waals surface area contributed by atoms with Gasteiger partial charge in [-0.25, -0.2) is 0 Å². The highest BCUT2D eigenvalue weighted by atomic mass is 35.5. The van der Waals surface area contributed by atoms with Crippen LogP contribution in [-0.2, 0) is 17.5 Å². The number of ether oxygens (including phenoxy) is 1. The van der Waals surface area contributed by atoms with E-state index in [1.807, 2.05) is 0 Å². The van der Waals surface area contributed by atoms with E-state index in [-0.39, 0.29) is 12.5 Å². The van der Waals surface area contributed by atoms with E-state index in [9.17, 15) is 18.0 Å². The molecule has 1 fully saturated rings. The van der Waals surface area contributed by atoms with E-state index in [0.717, 1.165) is 38.2 Å². The molecule has 8 heteroatoms. The number of hydrogen-bond acceptors (Lipinski definition) is 3. The standard InChI is InChI=1S/C22H24ClF3N2O2/c23-20-5-2-1-4-19(20)21(29)28(11-3-10-27-12-14-30-15-13-27)16-17-6-8-18(9-7-17)22(24,25)26/h1-2,4-9H,3,10-16H2. The van der Waals surface area contributed by atoms with Crippen LogP contribution in [0.5, 0.6) is 0 Å².